The zero-order valence-electron chi connectivity index (χ0n) is 14.8. The Bertz CT molecular complexity index is 1020. The number of nitrogens with zero attached hydrogens (tertiary/aromatic N) is 2. The number of thioether (sulfide) groups is 1. The fourth-order valence-electron chi connectivity index (χ4n) is 3.13. The summed E-state index contributed by atoms with van der Waals surface area (Å²) in [6.45, 7) is 2.02. The smallest absolute Gasteiger partial charge is 0.224 e. The first-order valence-electron chi connectivity index (χ1n) is 8.77. The number of aromatic nitrogens is 2. The van der Waals surface area contributed by atoms with Crippen molar-refractivity contribution in [2.45, 2.75) is 25.3 Å². The van der Waals surface area contributed by atoms with Gasteiger partial charge in [-0.15, -0.1) is 11.8 Å². The van der Waals surface area contributed by atoms with E-state index in [0.717, 1.165) is 33.9 Å². The molecule has 2 unspecified atom stereocenters. The van der Waals surface area contributed by atoms with Gasteiger partial charge in [0.15, 0.2) is 0 Å². The van der Waals surface area contributed by atoms with Crippen LogP contribution in [0.4, 0.5) is 5.69 Å². The predicted octanol–water partition coefficient (Wildman–Crippen LogP) is 5.16. The van der Waals surface area contributed by atoms with Crippen molar-refractivity contribution in [3.63, 3.8) is 0 Å². The largest absolute Gasteiger partial charge is 0.340 e. The summed E-state index contributed by atoms with van der Waals surface area (Å²) in [6, 6.07) is 13.4. The van der Waals surface area contributed by atoms with E-state index in [4.69, 9.17) is 11.6 Å². The van der Waals surface area contributed by atoms with Crippen molar-refractivity contribution in [1.29, 1.82) is 0 Å². The van der Waals surface area contributed by atoms with Crippen molar-refractivity contribution < 1.29 is 4.79 Å². The van der Waals surface area contributed by atoms with Crippen LogP contribution in [0.15, 0.2) is 47.5 Å². The summed E-state index contributed by atoms with van der Waals surface area (Å²) >= 11 is 7.73. The minimum absolute atomic E-state index is 0.0293. The lowest BCUT2D eigenvalue weighted by atomic mass is 9.97. The molecule has 0 saturated heterocycles. The van der Waals surface area contributed by atoms with Gasteiger partial charge in [-0.25, -0.2) is 4.98 Å². The Hall–Kier alpha value is -2.31. The second-order valence-electron chi connectivity index (χ2n) is 6.67. The van der Waals surface area contributed by atoms with Crippen LogP contribution in [0, 0.1) is 0 Å². The molecule has 2 aromatic carbocycles. The Morgan fingerprint density at radius 2 is 2.26 bits per heavy atom. The van der Waals surface area contributed by atoms with Crippen molar-refractivity contribution in [2.24, 2.45) is 4.99 Å². The van der Waals surface area contributed by atoms with Crippen LogP contribution >= 0.6 is 23.4 Å². The van der Waals surface area contributed by atoms with Gasteiger partial charge in [0.2, 0.25) is 5.91 Å². The normalized spacial score (nSPS) is 17.3. The van der Waals surface area contributed by atoms with Crippen molar-refractivity contribution in [2.75, 3.05) is 11.1 Å². The van der Waals surface area contributed by atoms with Gasteiger partial charge in [-0.1, -0.05) is 30.7 Å². The number of hydrogen-bond acceptors (Lipinski definition) is 4. The molecule has 1 aromatic heterocycles. The number of halogens is 1. The summed E-state index contributed by atoms with van der Waals surface area (Å²) < 4.78 is 0. The van der Waals surface area contributed by atoms with E-state index in [1.54, 1.807) is 11.8 Å². The Labute approximate surface area is 166 Å². The van der Waals surface area contributed by atoms with Gasteiger partial charge >= 0.3 is 0 Å². The standard InChI is InChI=1S/C20H19ClN4OS/c1-12(13-3-2-4-14(21)8-13)7-19(26)23-15-5-6-16-17(9-15)25-20(24-16)18-10-27-11-22-18/h2-6,8-9,11-12,18H,7,10H2,1H3,(H,23,26)(H,24,25). The molecule has 138 valence electrons. The molecule has 0 aliphatic carbocycles. The highest BCUT2D eigenvalue weighted by Crippen LogP contribution is 2.28. The van der Waals surface area contributed by atoms with Gasteiger partial charge in [0, 0.05) is 22.9 Å². The molecule has 1 amide bonds. The number of aromatic amines is 1. The monoisotopic (exact) mass is 398 g/mol. The van der Waals surface area contributed by atoms with E-state index in [9.17, 15) is 4.79 Å². The van der Waals surface area contributed by atoms with Crippen molar-refractivity contribution in [3.8, 4) is 0 Å². The number of benzene rings is 2. The van der Waals surface area contributed by atoms with E-state index in [2.05, 4.69) is 20.3 Å². The Kier molecular flexibility index (Phi) is 5.18. The lowest BCUT2D eigenvalue weighted by Crippen LogP contribution is -2.14. The molecule has 27 heavy (non-hydrogen) atoms. The van der Waals surface area contributed by atoms with Gasteiger partial charge < -0.3 is 10.3 Å². The van der Waals surface area contributed by atoms with Crippen LogP contribution in [-0.2, 0) is 4.79 Å². The van der Waals surface area contributed by atoms with Crippen molar-refractivity contribution in [1.82, 2.24) is 9.97 Å². The molecule has 0 bridgehead atoms. The quantitative estimate of drug-likeness (QED) is 0.623. The number of aliphatic imine (C=N–C) groups is 1. The van der Waals surface area contributed by atoms with E-state index in [1.807, 2.05) is 54.9 Å². The highest BCUT2D eigenvalue weighted by molar-refractivity contribution is 8.12. The lowest BCUT2D eigenvalue weighted by molar-refractivity contribution is -0.116. The van der Waals surface area contributed by atoms with Gasteiger partial charge in [0.1, 0.15) is 11.9 Å². The van der Waals surface area contributed by atoms with E-state index in [0.29, 0.717) is 11.4 Å². The summed E-state index contributed by atoms with van der Waals surface area (Å²) in [5.74, 6) is 1.83. The minimum atomic E-state index is -0.0293. The zero-order valence-corrected chi connectivity index (χ0v) is 16.3. The average molecular weight is 399 g/mol. The molecule has 5 nitrogen and oxygen atoms in total. The van der Waals surface area contributed by atoms with Crippen LogP contribution in [0.1, 0.15) is 36.7 Å². The number of nitrogens with one attached hydrogen (secondary N) is 2. The molecule has 1 aliphatic heterocycles. The molecule has 0 spiro atoms. The number of carbonyl (C=O) groups is 1. The Morgan fingerprint density at radius 3 is 3.04 bits per heavy atom. The molecule has 4 rings (SSSR count). The second kappa shape index (κ2) is 7.74. The van der Waals surface area contributed by atoms with Crippen molar-refractivity contribution >= 4 is 51.5 Å². The van der Waals surface area contributed by atoms with Gasteiger partial charge in [-0.2, -0.15) is 0 Å². The number of carbonyl (C=O) groups excluding carboxylic acids is 1. The molecule has 0 saturated carbocycles. The third-order valence-electron chi connectivity index (χ3n) is 4.58. The molecule has 7 heteroatoms. The number of H-pyrrole nitrogens is 1. The fraction of sp³-hybridized carbons (Fsp3) is 0.250. The molecular formula is C20H19ClN4OS. The Balaban J connectivity index is 1.44. The second-order valence-corrected chi connectivity index (χ2v) is 7.98. The highest BCUT2D eigenvalue weighted by atomic mass is 35.5. The van der Waals surface area contributed by atoms with E-state index >= 15 is 0 Å². The highest BCUT2D eigenvalue weighted by Gasteiger charge is 2.18. The lowest BCUT2D eigenvalue weighted by Gasteiger charge is -2.12. The van der Waals surface area contributed by atoms with E-state index < -0.39 is 0 Å². The molecule has 0 fully saturated rings. The maximum Gasteiger partial charge on any atom is 0.224 e. The van der Waals surface area contributed by atoms with Crippen molar-refractivity contribution in [3.05, 3.63) is 58.9 Å². The maximum atomic E-state index is 12.4. The number of imidazole rings is 1. The summed E-state index contributed by atoms with van der Waals surface area (Å²) in [7, 11) is 0. The first-order chi connectivity index (χ1) is 13.1. The minimum Gasteiger partial charge on any atom is -0.340 e. The fourth-order valence-corrected chi connectivity index (χ4v) is 4.07. The number of amides is 1. The predicted molar refractivity (Wildman–Crippen MR) is 113 cm³/mol. The van der Waals surface area contributed by atoms with Crippen LogP contribution in [0.5, 0.6) is 0 Å². The first kappa shape index (κ1) is 18.1. The molecule has 1 aliphatic rings. The van der Waals surface area contributed by atoms with Crippen LogP contribution < -0.4 is 5.32 Å². The maximum absolute atomic E-state index is 12.4. The molecule has 2 heterocycles. The molecule has 0 radical (unpaired) electrons. The summed E-state index contributed by atoms with van der Waals surface area (Å²) in [5.41, 5.74) is 5.46. The van der Waals surface area contributed by atoms with E-state index in [-0.39, 0.29) is 17.9 Å². The Morgan fingerprint density at radius 1 is 1.37 bits per heavy atom. The summed E-state index contributed by atoms with van der Waals surface area (Å²) in [4.78, 5) is 24.8. The zero-order chi connectivity index (χ0) is 18.8. The van der Waals surface area contributed by atoms with Crippen LogP contribution in [0.25, 0.3) is 11.0 Å². The molecular weight excluding hydrogens is 380 g/mol. The third-order valence-corrected chi connectivity index (χ3v) is 5.59. The SMILES string of the molecule is CC(CC(=O)Nc1ccc2nc(C3CSC=N3)[nH]c2c1)c1cccc(Cl)c1. The van der Waals surface area contributed by atoms with Gasteiger partial charge in [0.25, 0.3) is 0 Å². The summed E-state index contributed by atoms with van der Waals surface area (Å²) in [6.07, 6.45) is 0.390. The number of rotatable bonds is 5. The van der Waals surface area contributed by atoms with Gasteiger partial charge in [-0.05, 0) is 41.8 Å². The number of fused-ring (bicyclic) bond motifs is 1. The molecule has 2 N–H and O–H groups in total. The summed E-state index contributed by atoms with van der Waals surface area (Å²) in [5, 5.41) is 3.66. The molecule has 3 aromatic rings. The van der Waals surface area contributed by atoms with Gasteiger partial charge in [0.05, 0.1) is 16.6 Å². The number of anilines is 1. The van der Waals surface area contributed by atoms with Gasteiger partial charge in [-0.3, -0.25) is 9.79 Å². The molecule has 2 atom stereocenters. The van der Waals surface area contributed by atoms with Crippen LogP contribution in [0.2, 0.25) is 5.02 Å². The first-order valence-corrected chi connectivity index (χ1v) is 10.2. The van der Waals surface area contributed by atoms with Crippen LogP contribution in [0.3, 0.4) is 0 Å². The third kappa shape index (κ3) is 4.17. The van der Waals surface area contributed by atoms with E-state index in [1.165, 1.54) is 0 Å². The number of hydrogen-bond donors (Lipinski definition) is 2. The average Bonchev–Trinajstić information content (AvgIpc) is 3.30. The van der Waals surface area contributed by atoms with Crippen LogP contribution in [-0.4, -0.2) is 27.2 Å². The topological polar surface area (TPSA) is 70.1 Å².